The van der Waals surface area contributed by atoms with Crippen LogP contribution in [0.2, 0.25) is 0 Å². The lowest BCUT2D eigenvalue weighted by Crippen LogP contribution is -2.53. The first-order chi connectivity index (χ1) is 8.93. The molecule has 110 valence electrons. The molecule has 0 aromatic carbocycles. The summed E-state index contributed by atoms with van der Waals surface area (Å²) in [5.41, 5.74) is -0.386. The number of rotatable bonds is 6. The fourth-order valence-corrected chi connectivity index (χ4v) is 2.78. The molecule has 1 aliphatic rings. The monoisotopic (exact) mass is 270 g/mol. The van der Waals surface area contributed by atoms with E-state index >= 15 is 0 Å². The molecule has 0 aliphatic carbocycles. The van der Waals surface area contributed by atoms with Crippen LogP contribution in [0.3, 0.4) is 0 Å². The Labute approximate surface area is 115 Å². The minimum Gasteiger partial charge on any atom is -0.480 e. The van der Waals surface area contributed by atoms with E-state index in [4.69, 9.17) is 0 Å². The Hall–Kier alpha value is -1.10. The van der Waals surface area contributed by atoms with Gasteiger partial charge in [-0.15, -0.1) is 0 Å². The summed E-state index contributed by atoms with van der Waals surface area (Å²) in [5.74, 6) is -1.15. The Morgan fingerprint density at radius 3 is 2.32 bits per heavy atom. The first-order valence-corrected chi connectivity index (χ1v) is 7.17. The number of hydrogen-bond acceptors (Lipinski definition) is 3. The van der Waals surface area contributed by atoms with Crippen LogP contribution in [0.4, 0.5) is 0 Å². The zero-order chi connectivity index (χ0) is 14.5. The maximum atomic E-state index is 12.5. The summed E-state index contributed by atoms with van der Waals surface area (Å²) in [6.45, 7) is 7.34. The molecule has 5 nitrogen and oxygen atoms in total. The van der Waals surface area contributed by atoms with Crippen molar-refractivity contribution in [3.8, 4) is 0 Å². The van der Waals surface area contributed by atoms with Gasteiger partial charge in [0.05, 0.1) is 5.41 Å². The molecular weight excluding hydrogens is 244 g/mol. The summed E-state index contributed by atoms with van der Waals surface area (Å²) >= 11 is 0. The standard InChI is InChI=1S/C14H26N2O3/c1-4-5-14(6-8-15-9-7-14)13(19)16-11(10(2)3)12(17)18/h10-11,15H,4-9H2,1-3H3,(H,16,19)(H,17,18)/t11-/m1/s1. The predicted octanol–water partition coefficient (Wildman–Crippen LogP) is 1.38. The van der Waals surface area contributed by atoms with Gasteiger partial charge >= 0.3 is 5.97 Å². The number of nitrogens with one attached hydrogen (secondary N) is 2. The molecule has 0 bridgehead atoms. The van der Waals surface area contributed by atoms with E-state index in [2.05, 4.69) is 17.6 Å². The number of piperidine rings is 1. The van der Waals surface area contributed by atoms with Gasteiger partial charge < -0.3 is 15.7 Å². The summed E-state index contributed by atoms with van der Waals surface area (Å²) < 4.78 is 0. The minimum absolute atomic E-state index is 0.0862. The van der Waals surface area contributed by atoms with Gasteiger partial charge in [0.2, 0.25) is 5.91 Å². The van der Waals surface area contributed by atoms with Gasteiger partial charge in [0.25, 0.3) is 0 Å². The van der Waals surface area contributed by atoms with E-state index in [0.717, 1.165) is 38.8 Å². The molecule has 0 aromatic heterocycles. The fourth-order valence-electron chi connectivity index (χ4n) is 2.78. The average molecular weight is 270 g/mol. The van der Waals surface area contributed by atoms with Crippen molar-refractivity contribution in [2.24, 2.45) is 11.3 Å². The van der Waals surface area contributed by atoms with Crippen LogP contribution in [0.15, 0.2) is 0 Å². The molecule has 3 N–H and O–H groups in total. The second kappa shape index (κ2) is 6.89. The summed E-state index contributed by atoms with van der Waals surface area (Å²) in [4.78, 5) is 23.7. The average Bonchev–Trinajstić information content (AvgIpc) is 2.36. The predicted molar refractivity (Wildman–Crippen MR) is 73.8 cm³/mol. The molecule has 0 radical (unpaired) electrons. The van der Waals surface area contributed by atoms with Gasteiger partial charge in [-0.1, -0.05) is 27.2 Å². The van der Waals surface area contributed by atoms with Crippen LogP contribution < -0.4 is 10.6 Å². The second-order valence-corrected chi connectivity index (χ2v) is 5.81. The van der Waals surface area contributed by atoms with E-state index < -0.39 is 12.0 Å². The largest absolute Gasteiger partial charge is 0.480 e. The zero-order valence-corrected chi connectivity index (χ0v) is 12.2. The molecule has 0 spiro atoms. The van der Waals surface area contributed by atoms with E-state index in [1.54, 1.807) is 0 Å². The van der Waals surface area contributed by atoms with Crippen LogP contribution in [0, 0.1) is 11.3 Å². The molecule has 5 heteroatoms. The van der Waals surface area contributed by atoms with Crippen LogP contribution in [-0.4, -0.2) is 36.1 Å². The summed E-state index contributed by atoms with van der Waals surface area (Å²) in [5, 5.41) is 15.2. The van der Waals surface area contributed by atoms with Crippen molar-refractivity contribution in [2.75, 3.05) is 13.1 Å². The molecule has 1 atom stereocenters. The van der Waals surface area contributed by atoms with Crippen LogP contribution in [0.25, 0.3) is 0 Å². The number of carboxylic acids is 1. The Morgan fingerprint density at radius 2 is 1.89 bits per heavy atom. The Kier molecular flexibility index (Phi) is 5.79. The Morgan fingerprint density at radius 1 is 1.32 bits per heavy atom. The topological polar surface area (TPSA) is 78.4 Å². The fraction of sp³-hybridized carbons (Fsp3) is 0.857. The van der Waals surface area contributed by atoms with Gasteiger partial charge in [-0.2, -0.15) is 0 Å². The molecule has 0 saturated carbocycles. The number of carbonyl (C=O) groups is 2. The Balaban J connectivity index is 2.79. The van der Waals surface area contributed by atoms with Crippen LogP contribution in [0.5, 0.6) is 0 Å². The summed E-state index contributed by atoms with van der Waals surface area (Å²) in [6.07, 6.45) is 3.34. The number of amides is 1. The molecule has 0 aromatic rings. The van der Waals surface area contributed by atoms with Gasteiger partial charge in [0.1, 0.15) is 6.04 Å². The molecule has 19 heavy (non-hydrogen) atoms. The number of aliphatic carboxylic acids is 1. The number of carboxylic acid groups (broad SMARTS) is 1. The highest BCUT2D eigenvalue weighted by molar-refractivity contribution is 5.87. The van der Waals surface area contributed by atoms with Crippen molar-refractivity contribution >= 4 is 11.9 Å². The quantitative estimate of drug-likeness (QED) is 0.681. The third-order valence-electron chi connectivity index (χ3n) is 3.99. The molecular formula is C14H26N2O3. The first-order valence-electron chi connectivity index (χ1n) is 7.17. The first kappa shape index (κ1) is 16.0. The van der Waals surface area contributed by atoms with Crippen LogP contribution in [-0.2, 0) is 9.59 Å². The van der Waals surface area contributed by atoms with Crippen molar-refractivity contribution in [3.63, 3.8) is 0 Å². The molecule has 0 unspecified atom stereocenters. The van der Waals surface area contributed by atoms with Gasteiger partial charge in [-0.3, -0.25) is 4.79 Å². The van der Waals surface area contributed by atoms with Crippen molar-refractivity contribution in [2.45, 2.75) is 52.5 Å². The lowest BCUT2D eigenvalue weighted by atomic mass is 9.74. The second-order valence-electron chi connectivity index (χ2n) is 5.81. The normalized spacial score (nSPS) is 20.0. The Bertz CT molecular complexity index is 317. The maximum absolute atomic E-state index is 12.5. The number of hydrogen-bond donors (Lipinski definition) is 3. The maximum Gasteiger partial charge on any atom is 0.326 e. The smallest absolute Gasteiger partial charge is 0.326 e. The molecule has 1 saturated heterocycles. The van der Waals surface area contributed by atoms with E-state index in [9.17, 15) is 14.7 Å². The lowest BCUT2D eigenvalue weighted by molar-refractivity contribution is -0.146. The SMILES string of the molecule is CCCC1(C(=O)N[C@@H](C(=O)O)C(C)C)CCNCC1. The molecule has 1 amide bonds. The highest BCUT2D eigenvalue weighted by atomic mass is 16.4. The van der Waals surface area contributed by atoms with Crippen LogP contribution in [0.1, 0.15) is 46.5 Å². The van der Waals surface area contributed by atoms with Gasteiger partial charge in [-0.05, 0) is 38.3 Å². The van der Waals surface area contributed by atoms with Gasteiger partial charge in [0.15, 0.2) is 0 Å². The van der Waals surface area contributed by atoms with Crippen LogP contribution >= 0.6 is 0 Å². The zero-order valence-electron chi connectivity index (χ0n) is 12.2. The van der Waals surface area contributed by atoms with Gasteiger partial charge in [-0.25, -0.2) is 4.79 Å². The summed E-state index contributed by atoms with van der Waals surface area (Å²) in [6, 6.07) is -0.795. The van der Waals surface area contributed by atoms with E-state index in [1.807, 2.05) is 13.8 Å². The number of carbonyl (C=O) groups excluding carboxylic acids is 1. The van der Waals surface area contributed by atoms with E-state index in [0.29, 0.717) is 0 Å². The van der Waals surface area contributed by atoms with E-state index in [1.165, 1.54) is 0 Å². The van der Waals surface area contributed by atoms with Crippen molar-refractivity contribution in [3.05, 3.63) is 0 Å². The van der Waals surface area contributed by atoms with E-state index in [-0.39, 0.29) is 17.2 Å². The van der Waals surface area contributed by atoms with Crippen molar-refractivity contribution in [1.82, 2.24) is 10.6 Å². The molecule has 1 fully saturated rings. The lowest BCUT2D eigenvalue weighted by Gasteiger charge is -2.37. The summed E-state index contributed by atoms with van der Waals surface area (Å²) in [7, 11) is 0. The molecule has 1 rings (SSSR count). The van der Waals surface area contributed by atoms with Gasteiger partial charge in [0, 0.05) is 0 Å². The highest BCUT2D eigenvalue weighted by Gasteiger charge is 2.40. The third-order valence-corrected chi connectivity index (χ3v) is 3.99. The molecule has 1 heterocycles. The van der Waals surface area contributed by atoms with Crippen molar-refractivity contribution in [1.29, 1.82) is 0 Å². The molecule has 1 aliphatic heterocycles. The van der Waals surface area contributed by atoms with Crippen molar-refractivity contribution < 1.29 is 14.7 Å². The highest BCUT2D eigenvalue weighted by Crippen LogP contribution is 2.34. The third kappa shape index (κ3) is 3.93. The minimum atomic E-state index is -0.955.